The summed E-state index contributed by atoms with van der Waals surface area (Å²) in [5.74, 6) is -0.630. The van der Waals surface area contributed by atoms with Crippen LogP contribution in [0.5, 0.6) is 0 Å². The number of carbonyl (C=O) groups excluding carboxylic acids is 1. The van der Waals surface area contributed by atoms with Gasteiger partial charge >= 0.3 is 6.18 Å². The fourth-order valence-corrected chi connectivity index (χ4v) is 1.85. The Morgan fingerprint density at radius 3 is 2.67 bits per heavy atom. The number of hydrogen-bond donors (Lipinski definition) is 1. The molecule has 6 heteroatoms. The van der Waals surface area contributed by atoms with E-state index in [1.54, 1.807) is 0 Å². The number of hydrogen-bond acceptors (Lipinski definition) is 3. The van der Waals surface area contributed by atoms with Crippen molar-refractivity contribution in [2.24, 2.45) is 0 Å². The maximum atomic E-state index is 12.8. The van der Waals surface area contributed by atoms with Gasteiger partial charge in [0.25, 0.3) is 0 Å². The van der Waals surface area contributed by atoms with Crippen LogP contribution < -0.4 is 5.32 Å². The molecule has 0 bridgehead atoms. The van der Waals surface area contributed by atoms with Crippen LogP contribution in [0.1, 0.15) is 15.9 Å². The number of carbonyl (C=O) groups is 1. The summed E-state index contributed by atoms with van der Waals surface area (Å²) in [6.45, 7) is 1.17. The Hall–Kier alpha value is -1.40. The van der Waals surface area contributed by atoms with E-state index < -0.39 is 23.6 Å². The Labute approximate surface area is 102 Å². The molecular formula is C12H12F3NO2. The molecule has 1 unspecified atom stereocenters. The van der Waals surface area contributed by atoms with E-state index in [-0.39, 0.29) is 12.1 Å². The Bertz CT molecular complexity index is 439. The summed E-state index contributed by atoms with van der Waals surface area (Å²) in [5.41, 5.74) is -1.25. The molecule has 1 heterocycles. The van der Waals surface area contributed by atoms with E-state index in [0.717, 1.165) is 6.07 Å². The van der Waals surface area contributed by atoms with Gasteiger partial charge in [0.05, 0.1) is 12.2 Å². The number of halogens is 3. The molecule has 1 N–H and O–H groups in total. The molecule has 0 radical (unpaired) electrons. The summed E-state index contributed by atoms with van der Waals surface area (Å²) in [4.78, 5) is 12.0. The van der Waals surface area contributed by atoms with Crippen LogP contribution in [0.15, 0.2) is 24.3 Å². The van der Waals surface area contributed by atoms with Crippen LogP contribution in [-0.2, 0) is 10.9 Å². The minimum Gasteiger partial charge on any atom is -0.367 e. The number of Topliss-reactive ketones (excluding diaryl/α,β-unsaturated/α-hetero) is 1. The van der Waals surface area contributed by atoms with Crippen molar-refractivity contribution in [1.82, 2.24) is 5.32 Å². The van der Waals surface area contributed by atoms with Crippen LogP contribution in [0.3, 0.4) is 0 Å². The normalized spacial score (nSPS) is 20.7. The zero-order valence-electron chi connectivity index (χ0n) is 9.46. The third-order valence-electron chi connectivity index (χ3n) is 2.72. The number of ether oxygens (including phenoxy) is 1. The van der Waals surface area contributed by atoms with Crippen molar-refractivity contribution >= 4 is 5.78 Å². The lowest BCUT2D eigenvalue weighted by molar-refractivity contribution is -0.138. The third-order valence-corrected chi connectivity index (χ3v) is 2.72. The number of nitrogens with one attached hydrogen (secondary N) is 1. The molecule has 0 aliphatic carbocycles. The average Bonchev–Trinajstić information content (AvgIpc) is 2.38. The first-order valence-electron chi connectivity index (χ1n) is 5.53. The van der Waals surface area contributed by atoms with Crippen LogP contribution in [0, 0.1) is 0 Å². The Balaban J connectivity index is 2.30. The van der Waals surface area contributed by atoms with Gasteiger partial charge in [-0.25, -0.2) is 0 Å². The molecule has 3 nitrogen and oxygen atoms in total. The smallest absolute Gasteiger partial charge is 0.367 e. The molecule has 1 fully saturated rings. The van der Waals surface area contributed by atoms with Crippen molar-refractivity contribution < 1.29 is 22.7 Å². The molecule has 1 aliphatic rings. The summed E-state index contributed by atoms with van der Waals surface area (Å²) in [7, 11) is 0. The highest BCUT2D eigenvalue weighted by Crippen LogP contribution is 2.32. The van der Waals surface area contributed by atoms with E-state index in [2.05, 4.69) is 5.32 Å². The minimum absolute atomic E-state index is 0.241. The average molecular weight is 259 g/mol. The van der Waals surface area contributed by atoms with E-state index in [1.807, 2.05) is 0 Å². The second-order valence-corrected chi connectivity index (χ2v) is 3.97. The van der Waals surface area contributed by atoms with Gasteiger partial charge in [0.1, 0.15) is 6.10 Å². The zero-order valence-corrected chi connectivity index (χ0v) is 9.46. The molecule has 1 saturated heterocycles. The zero-order chi connectivity index (χ0) is 13.2. The van der Waals surface area contributed by atoms with E-state index in [0.29, 0.717) is 13.2 Å². The van der Waals surface area contributed by atoms with Gasteiger partial charge in [-0.2, -0.15) is 13.2 Å². The van der Waals surface area contributed by atoms with Gasteiger partial charge in [-0.05, 0) is 6.07 Å². The van der Waals surface area contributed by atoms with Gasteiger partial charge in [-0.3, -0.25) is 4.79 Å². The van der Waals surface area contributed by atoms with Crippen LogP contribution in [-0.4, -0.2) is 31.6 Å². The van der Waals surface area contributed by atoms with Gasteiger partial charge in [0.2, 0.25) is 0 Å². The first-order chi connectivity index (χ1) is 8.50. The molecule has 1 atom stereocenters. The Kier molecular flexibility index (Phi) is 3.68. The standard InChI is InChI=1S/C12H12F3NO2/c13-12(14,15)9-4-2-1-3-8(9)11(17)10-7-16-5-6-18-10/h1-4,10,16H,5-7H2. The largest absolute Gasteiger partial charge is 0.417 e. The fraction of sp³-hybridized carbons (Fsp3) is 0.417. The van der Waals surface area contributed by atoms with Gasteiger partial charge in [0.15, 0.2) is 5.78 Å². The van der Waals surface area contributed by atoms with E-state index in [4.69, 9.17) is 4.74 Å². The fourth-order valence-electron chi connectivity index (χ4n) is 1.85. The summed E-state index contributed by atoms with van der Waals surface area (Å²) >= 11 is 0. The topological polar surface area (TPSA) is 38.3 Å². The van der Waals surface area contributed by atoms with Crippen molar-refractivity contribution in [2.45, 2.75) is 12.3 Å². The monoisotopic (exact) mass is 259 g/mol. The van der Waals surface area contributed by atoms with Crippen molar-refractivity contribution in [3.8, 4) is 0 Å². The molecular weight excluding hydrogens is 247 g/mol. The lowest BCUT2D eigenvalue weighted by Crippen LogP contribution is -2.43. The number of alkyl halides is 3. The first kappa shape index (κ1) is 13.0. The lowest BCUT2D eigenvalue weighted by Gasteiger charge is -2.23. The molecule has 0 aromatic heterocycles. The molecule has 18 heavy (non-hydrogen) atoms. The van der Waals surface area contributed by atoms with Crippen molar-refractivity contribution in [3.63, 3.8) is 0 Å². The van der Waals surface area contributed by atoms with Crippen molar-refractivity contribution in [2.75, 3.05) is 19.7 Å². The predicted molar refractivity (Wildman–Crippen MR) is 58.4 cm³/mol. The molecule has 0 saturated carbocycles. The highest BCUT2D eigenvalue weighted by atomic mass is 19.4. The van der Waals surface area contributed by atoms with Gasteiger partial charge in [0, 0.05) is 18.7 Å². The Morgan fingerprint density at radius 2 is 2.06 bits per heavy atom. The second-order valence-electron chi connectivity index (χ2n) is 3.97. The summed E-state index contributed by atoms with van der Waals surface area (Å²) in [5, 5.41) is 2.92. The molecule has 1 aromatic rings. The number of rotatable bonds is 2. The third kappa shape index (κ3) is 2.70. The van der Waals surface area contributed by atoms with Crippen molar-refractivity contribution in [3.05, 3.63) is 35.4 Å². The van der Waals surface area contributed by atoms with Gasteiger partial charge in [-0.1, -0.05) is 18.2 Å². The molecule has 0 spiro atoms. The predicted octanol–water partition coefficient (Wildman–Crippen LogP) is 1.88. The number of ketones is 1. The lowest BCUT2D eigenvalue weighted by atomic mass is 9.99. The van der Waals surface area contributed by atoms with Crippen LogP contribution in [0.25, 0.3) is 0 Å². The summed E-state index contributed by atoms with van der Waals surface area (Å²) in [6, 6.07) is 4.77. The molecule has 1 aliphatic heterocycles. The number of morpholine rings is 1. The number of benzene rings is 1. The van der Waals surface area contributed by atoms with Crippen LogP contribution in [0.4, 0.5) is 13.2 Å². The van der Waals surface area contributed by atoms with E-state index >= 15 is 0 Å². The first-order valence-corrected chi connectivity index (χ1v) is 5.53. The van der Waals surface area contributed by atoms with Crippen molar-refractivity contribution in [1.29, 1.82) is 0 Å². The van der Waals surface area contributed by atoms with Crippen LogP contribution >= 0.6 is 0 Å². The minimum atomic E-state index is -4.53. The highest BCUT2D eigenvalue weighted by Gasteiger charge is 2.36. The molecule has 0 amide bonds. The molecule has 2 rings (SSSR count). The maximum absolute atomic E-state index is 12.8. The summed E-state index contributed by atoms with van der Waals surface area (Å²) in [6.07, 6.45) is -5.38. The summed E-state index contributed by atoms with van der Waals surface area (Å²) < 4.78 is 43.5. The van der Waals surface area contributed by atoms with E-state index in [1.165, 1.54) is 18.2 Å². The van der Waals surface area contributed by atoms with E-state index in [9.17, 15) is 18.0 Å². The highest BCUT2D eigenvalue weighted by molar-refractivity contribution is 6.01. The SMILES string of the molecule is O=C(c1ccccc1C(F)(F)F)C1CNCCO1. The van der Waals surface area contributed by atoms with Gasteiger partial charge < -0.3 is 10.1 Å². The molecule has 1 aromatic carbocycles. The van der Waals surface area contributed by atoms with Crippen LogP contribution in [0.2, 0.25) is 0 Å². The molecule has 98 valence electrons. The maximum Gasteiger partial charge on any atom is 0.417 e. The Morgan fingerprint density at radius 1 is 1.33 bits per heavy atom. The quantitative estimate of drug-likeness (QED) is 0.824. The van der Waals surface area contributed by atoms with Gasteiger partial charge in [-0.15, -0.1) is 0 Å². The second kappa shape index (κ2) is 5.07.